The number of aryl methyl sites for hydroxylation is 1. The Hall–Kier alpha value is -2.97. The van der Waals surface area contributed by atoms with Crippen molar-refractivity contribution in [2.75, 3.05) is 31.1 Å². The minimum absolute atomic E-state index is 0.0208. The molecule has 2 aromatic rings. The SMILES string of the molecule is Cc1nccn1-c1ccc(N2CCN(C(=O)C3CCC(=O)N3)CC2)nn1. The van der Waals surface area contributed by atoms with Crippen LogP contribution in [0.3, 0.4) is 0 Å². The highest BCUT2D eigenvalue weighted by atomic mass is 16.2. The molecule has 2 aliphatic heterocycles. The number of rotatable bonds is 3. The zero-order valence-corrected chi connectivity index (χ0v) is 14.6. The third-order valence-electron chi connectivity index (χ3n) is 4.92. The van der Waals surface area contributed by atoms with Crippen molar-refractivity contribution in [1.82, 2.24) is 30.0 Å². The molecule has 2 aliphatic rings. The van der Waals surface area contributed by atoms with Gasteiger partial charge in [0.05, 0.1) is 0 Å². The summed E-state index contributed by atoms with van der Waals surface area (Å²) in [5, 5.41) is 11.4. The van der Waals surface area contributed by atoms with E-state index < -0.39 is 0 Å². The molecule has 2 saturated heterocycles. The van der Waals surface area contributed by atoms with Gasteiger partial charge in [0.15, 0.2) is 11.6 Å². The van der Waals surface area contributed by atoms with Crippen LogP contribution in [0.15, 0.2) is 24.5 Å². The van der Waals surface area contributed by atoms with Crippen LogP contribution >= 0.6 is 0 Å². The Bertz CT molecular complexity index is 809. The van der Waals surface area contributed by atoms with Gasteiger partial charge in [-0.15, -0.1) is 10.2 Å². The van der Waals surface area contributed by atoms with Gasteiger partial charge in [-0.3, -0.25) is 14.2 Å². The zero-order valence-electron chi connectivity index (χ0n) is 14.6. The lowest BCUT2D eigenvalue weighted by Gasteiger charge is -2.36. The van der Waals surface area contributed by atoms with Gasteiger partial charge in [-0.05, 0) is 25.5 Å². The third-order valence-corrected chi connectivity index (χ3v) is 4.92. The number of nitrogens with zero attached hydrogens (tertiary/aromatic N) is 6. The molecule has 0 aromatic carbocycles. The van der Waals surface area contributed by atoms with Crippen molar-refractivity contribution >= 4 is 17.6 Å². The van der Waals surface area contributed by atoms with Crippen LogP contribution in [0.5, 0.6) is 0 Å². The van der Waals surface area contributed by atoms with E-state index in [0.717, 1.165) is 17.5 Å². The minimum Gasteiger partial charge on any atom is -0.352 e. The van der Waals surface area contributed by atoms with Crippen molar-refractivity contribution in [3.05, 3.63) is 30.4 Å². The molecule has 0 radical (unpaired) electrons. The maximum absolute atomic E-state index is 12.5. The molecule has 0 bridgehead atoms. The molecule has 0 saturated carbocycles. The van der Waals surface area contributed by atoms with Crippen molar-refractivity contribution in [2.45, 2.75) is 25.8 Å². The van der Waals surface area contributed by atoms with Crippen LogP contribution in [-0.2, 0) is 9.59 Å². The van der Waals surface area contributed by atoms with Crippen molar-refractivity contribution in [1.29, 1.82) is 0 Å². The standard InChI is InChI=1S/C17H21N7O2/c1-12-18-6-7-24(12)15-4-3-14(20-21-15)22-8-10-23(11-9-22)17(26)13-2-5-16(25)19-13/h3-4,6-7,13H,2,5,8-11H2,1H3,(H,19,25). The summed E-state index contributed by atoms with van der Waals surface area (Å²) in [6, 6.07) is 3.51. The first-order valence-electron chi connectivity index (χ1n) is 8.79. The van der Waals surface area contributed by atoms with Crippen LogP contribution in [0, 0.1) is 6.92 Å². The molecule has 9 nitrogen and oxygen atoms in total. The predicted molar refractivity (Wildman–Crippen MR) is 93.8 cm³/mol. The summed E-state index contributed by atoms with van der Waals surface area (Å²) in [6.45, 7) is 4.55. The molecule has 1 atom stereocenters. The van der Waals surface area contributed by atoms with Crippen LogP contribution < -0.4 is 10.2 Å². The molecule has 9 heteroatoms. The quantitative estimate of drug-likeness (QED) is 0.826. The van der Waals surface area contributed by atoms with Gasteiger partial charge in [0.1, 0.15) is 11.9 Å². The normalized spacial score (nSPS) is 20.3. The van der Waals surface area contributed by atoms with E-state index in [0.29, 0.717) is 39.0 Å². The maximum Gasteiger partial charge on any atom is 0.245 e. The van der Waals surface area contributed by atoms with Crippen LogP contribution in [0.4, 0.5) is 5.82 Å². The number of carbonyl (C=O) groups is 2. The van der Waals surface area contributed by atoms with Crippen molar-refractivity contribution in [3.8, 4) is 5.82 Å². The Kier molecular flexibility index (Phi) is 4.27. The third kappa shape index (κ3) is 3.12. The molecule has 136 valence electrons. The number of hydrogen-bond acceptors (Lipinski definition) is 6. The Morgan fingerprint density at radius 2 is 1.88 bits per heavy atom. The second-order valence-corrected chi connectivity index (χ2v) is 6.57. The molecule has 4 rings (SSSR count). The van der Waals surface area contributed by atoms with Gasteiger partial charge < -0.3 is 15.1 Å². The fourth-order valence-electron chi connectivity index (χ4n) is 3.41. The van der Waals surface area contributed by atoms with Gasteiger partial charge in [-0.25, -0.2) is 4.98 Å². The molecule has 1 N–H and O–H groups in total. The second-order valence-electron chi connectivity index (χ2n) is 6.57. The number of nitrogens with one attached hydrogen (secondary N) is 1. The Balaban J connectivity index is 1.37. The van der Waals surface area contributed by atoms with E-state index in [-0.39, 0.29) is 17.9 Å². The van der Waals surface area contributed by atoms with Gasteiger partial charge in [0, 0.05) is 45.0 Å². The van der Waals surface area contributed by atoms with Gasteiger partial charge >= 0.3 is 0 Å². The smallest absolute Gasteiger partial charge is 0.245 e. The average Bonchev–Trinajstić information content (AvgIpc) is 3.30. The van der Waals surface area contributed by atoms with E-state index in [4.69, 9.17) is 0 Å². The van der Waals surface area contributed by atoms with Crippen molar-refractivity contribution in [2.24, 2.45) is 0 Å². The Morgan fingerprint density at radius 3 is 2.46 bits per heavy atom. The fourth-order valence-corrected chi connectivity index (χ4v) is 3.41. The largest absolute Gasteiger partial charge is 0.352 e. The van der Waals surface area contributed by atoms with Crippen LogP contribution in [0.1, 0.15) is 18.7 Å². The molecule has 0 aliphatic carbocycles. The molecular weight excluding hydrogens is 334 g/mol. The number of carbonyl (C=O) groups excluding carboxylic acids is 2. The highest BCUT2D eigenvalue weighted by molar-refractivity contribution is 5.90. The molecule has 4 heterocycles. The summed E-state index contributed by atoms with van der Waals surface area (Å²) in [6.07, 6.45) is 4.62. The van der Waals surface area contributed by atoms with E-state index in [1.165, 1.54) is 0 Å². The topological polar surface area (TPSA) is 96.2 Å². The predicted octanol–water partition coefficient (Wildman–Crippen LogP) is -0.102. The van der Waals surface area contributed by atoms with Gasteiger partial charge in [0.25, 0.3) is 0 Å². The highest BCUT2D eigenvalue weighted by Crippen LogP contribution is 2.17. The number of hydrogen-bond donors (Lipinski definition) is 1. The van der Waals surface area contributed by atoms with E-state index in [1.54, 1.807) is 6.20 Å². The lowest BCUT2D eigenvalue weighted by Crippen LogP contribution is -2.53. The summed E-state index contributed by atoms with van der Waals surface area (Å²) in [7, 11) is 0. The number of amides is 2. The molecule has 2 aromatic heterocycles. The molecule has 2 amide bonds. The first-order valence-corrected chi connectivity index (χ1v) is 8.79. The number of piperazine rings is 1. The molecule has 1 unspecified atom stereocenters. The zero-order chi connectivity index (χ0) is 18.1. The molecule has 26 heavy (non-hydrogen) atoms. The van der Waals surface area contributed by atoms with Gasteiger partial charge in [0.2, 0.25) is 11.8 Å². The van der Waals surface area contributed by atoms with Crippen LogP contribution in [0.25, 0.3) is 5.82 Å². The Labute approximate surface area is 151 Å². The number of aromatic nitrogens is 4. The van der Waals surface area contributed by atoms with Crippen LogP contribution in [0.2, 0.25) is 0 Å². The molecule has 0 spiro atoms. The number of imidazole rings is 1. The molecule has 2 fully saturated rings. The fraction of sp³-hybridized carbons (Fsp3) is 0.471. The summed E-state index contributed by atoms with van der Waals surface area (Å²) >= 11 is 0. The summed E-state index contributed by atoms with van der Waals surface area (Å²) in [5.74, 6) is 2.37. The van der Waals surface area contributed by atoms with Gasteiger partial charge in [-0.1, -0.05) is 0 Å². The summed E-state index contributed by atoms with van der Waals surface area (Å²) in [5.41, 5.74) is 0. The lowest BCUT2D eigenvalue weighted by atomic mass is 10.2. The average molecular weight is 355 g/mol. The molecular formula is C17H21N7O2. The summed E-state index contributed by atoms with van der Waals surface area (Å²) < 4.78 is 1.88. The first-order chi connectivity index (χ1) is 12.6. The highest BCUT2D eigenvalue weighted by Gasteiger charge is 2.32. The van der Waals surface area contributed by atoms with E-state index in [1.807, 2.05) is 34.7 Å². The van der Waals surface area contributed by atoms with Crippen LogP contribution in [-0.4, -0.2) is 68.7 Å². The summed E-state index contributed by atoms with van der Waals surface area (Å²) in [4.78, 5) is 31.9. The van der Waals surface area contributed by atoms with E-state index >= 15 is 0 Å². The monoisotopic (exact) mass is 355 g/mol. The maximum atomic E-state index is 12.5. The Morgan fingerprint density at radius 1 is 1.15 bits per heavy atom. The van der Waals surface area contributed by atoms with Gasteiger partial charge in [-0.2, -0.15) is 0 Å². The first kappa shape index (κ1) is 16.5. The van der Waals surface area contributed by atoms with Crippen molar-refractivity contribution in [3.63, 3.8) is 0 Å². The lowest BCUT2D eigenvalue weighted by molar-refractivity contribution is -0.134. The second kappa shape index (κ2) is 6.74. The minimum atomic E-state index is -0.355. The van der Waals surface area contributed by atoms with E-state index in [9.17, 15) is 9.59 Å². The number of anilines is 1. The van der Waals surface area contributed by atoms with E-state index in [2.05, 4.69) is 25.4 Å². The van der Waals surface area contributed by atoms with Crippen molar-refractivity contribution < 1.29 is 9.59 Å².